The van der Waals surface area contributed by atoms with Gasteiger partial charge in [0.1, 0.15) is 0 Å². The zero-order chi connectivity index (χ0) is 18.5. The molecule has 1 saturated heterocycles. The zero-order valence-electron chi connectivity index (χ0n) is 14.9. The van der Waals surface area contributed by atoms with E-state index in [9.17, 15) is 4.79 Å². The van der Waals surface area contributed by atoms with E-state index in [2.05, 4.69) is 10.4 Å². The summed E-state index contributed by atoms with van der Waals surface area (Å²) in [6.45, 7) is 2.24. The fraction of sp³-hybridized carbons (Fsp3) is 0.500. The van der Waals surface area contributed by atoms with Crippen molar-refractivity contribution < 1.29 is 9.53 Å². The molecule has 5 nitrogen and oxygen atoms in total. The first kappa shape index (κ1) is 17.5. The highest BCUT2D eigenvalue weighted by Gasteiger charge is 2.50. The van der Waals surface area contributed by atoms with Crippen molar-refractivity contribution in [2.45, 2.75) is 31.6 Å². The zero-order valence-corrected chi connectivity index (χ0v) is 16.4. The molecule has 5 rings (SSSR count). The molecule has 0 radical (unpaired) electrons. The molecule has 1 aliphatic heterocycles. The molecule has 2 atom stereocenters. The van der Waals surface area contributed by atoms with Gasteiger partial charge in [-0.1, -0.05) is 23.2 Å². The Morgan fingerprint density at radius 2 is 2.11 bits per heavy atom. The molecule has 1 aromatic heterocycles. The molecule has 1 N–H and O–H groups in total. The number of ether oxygens (including phenoxy) is 1. The van der Waals surface area contributed by atoms with Gasteiger partial charge in [0, 0.05) is 36.3 Å². The molecule has 7 heteroatoms. The minimum Gasteiger partial charge on any atom is -0.381 e. The minimum atomic E-state index is -0.0807. The topological polar surface area (TPSA) is 56.1 Å². The number of nitrogens with zero attached hydrogens (tertiary/aromatic N) is 2. The molecule has 2 heterocycles. The number of nitrogens with one attached hydrogen (secondary N) is 1. The van der Waals surface area contributed by atoms with Gasteiger partial charge in [-0.3, -0.25) is 4.79 Å². The quantitative estimate of drug-likeness (QED) is 0.835. The fourth-order valence-electron chi connectivity index (χ4n) is 4.41. The van der Waals surface area contributed by atoms with Crippen LogP contribution >= 0.6 is 23.2 Å². The Labute approximate surface area is 168 Å². The summed E-state index contributed by atoms with van der Waals surface area (Å²) in [4.78, 5) is 12.9. The normalized spacial score (nSPS) is 23.8. The molecule has 2 fully saturated rings. The smallest absolute Gasteiger partial charge is 0.272 e. The van der Waals surface area contributed by atoms with Gasteiger partial charge in [-0.2, -0.15) is 5.10 Å². The number of rotatable bonds is 4. The lowest BCUT2D eigenvalue weighted by molar-refractivity contribution is 0.0642. The number of benzene rings is 1. The second kappa shape index (κ2) is 6.80. The molecular weight excluding hydrogens is 385 g/mol. The van der Waals surface area contributed by atoms with Gasteiger partial charge in [0.2, 0.25) is 0 Å². The lowest BCUT2D eigenvalue weighted by Gasteiger charge is -2.22. The van der Waals surface area contributed by atoms with Crippen molar-refractivity contribution in [2.75, 3.05) is 19.8 Å². The van der Waals surface area contributed by atoms with Gasteiger partial charge < -0.3 is 10.1 Å². The molecule has 1 aromatic carbocycles. The molecule has 0 unspecified atom stereocenters. The van der Waals surface area contributed by atoms with Crippen LogP contribution in [0.15, 0.2) is 18.2 Å². The van der Waals surface area contributed by atoms with Crippen molar-refractivity contribution in [3.05, 3.63) is 45.2 Å². The van der Waals surface area contributed by atoms with Crippen molar-refractivity contribution in [3.63, 3.8) is 0 Å². The minimum absolute atomic E-state index is 0.0807. The van der Waals surface area contributed by atoms with Crippen LogP contribution in [0.4, 0.5) is 0 Å². The van der Waals surface area contributed by atoms with Crippen molar-refractivity contribution in [1.29, 1.82) is 0 Å². The standard InChI is InChI=1S/C20H21Cl2N3O2/c21-13-1-2-17(16(22)9-13)25-19-14-7-12(14)8-15(19)18(24-25)20(26)23-10-11-3-5-27-6-4-11/h1-2,9,11-12,14H,3-8,10H2,(H,23,26)/t12-,14-/m1/s1. The number of halogens is 2. The molecule has 142 valence electrons. The van der Waals surface area contributed by atoms with Crippen LogP contribution in [0.25, 0.3) is 5.69 Å². The maximum absolute atomic E-state index is 12.9. The first-order valence-electron chi connectivity index (χ1n) is 9.55. The van der Waals surface area contributed by atoms with Gasteiger partial charge in [0.15, 0.2) is 5.69 Å². The van der Waals surface area contributed by atoms with Crippen LogP contribution in [-0.4, -0.2) is 35.4 Å². The first-order chi connectivity index (χ1) is 13.1. The monoisotopic (exact) mass is 405 g/mol. The Bertz CT molecular complexity index is 905. The van der Waals surface area contributed by atoms with Gasteiger partial charge in [0.25, 0.3) is 5.91 Å². The van der Waals surface area contributed by atoms with Crippen LogP contribution in [0.1, 0.15) is 46.9 Å². The lowest BCUT2D eigenvalue weighted by atomic mass is 10.0. The summed E-state index contributed by atoms with van der Waals surface area (Å²) < 4.78 is 7.26. The van der Waals surface area contributed by atoms with Crippen molar-refractivity contribution >= 4 is 29.1 Å². The summed E-state index contributed by atoms with van der Waals surface area (Å²) in [5.74, 6) is 1.55. The summed E-state index contributed by atoms with van der Waals surface area (Å²) in [7, 11) is 0. The molecular formula is C20H21Cl2N3O2. The Kier molecular flexibility index (Phi) is 4.42. The number of carbonyl (C=O) groups is 1. The third-order valence-corrected chi connectivity index (χ3v) is 6.55. The van der Waals surface area contributed by atoms with Crippen LogP contribution in [-0.2, 0) is 11.2 Å². The van der Waals surface area contributed by atoms with Crippen LogP contribution in [0, 0.1) is 11.8 Å². The van der Waals surface area contributed by atoms with Gasteiger partial charge in [-0.25, -0.2) is 4.68 Å². The van der Waals surface area contributed by atoms with E-state index < -0.39 is 0 Å². The Balaban J connectivity index is 1.44. The molecule has 3 aliphatic rings. The van der Waals surface area contributed by atoms with E-state index in [1.165, 1.54) is 6.42 Å². The van der Waals surface area contributed by atoms with Gasteiger partial charge in [-0.05, 0) is 55.7 Å². The van der Waals surface area contributed by atoms with E-state index in [1.54, 1.807) is 12.1 Å². The fourth-order valence-corrected chi connectivity index (χ4v) is 4.89. The number of hydrogen-bond donors (Lipinski definition) is 1. The van der Waals surface area contributed by atoms with Crippen LogP contribution in [0.3, 0.4) is 0 Å². The first-order valence-corrected chi connectivity index (χ1v) is 10.3. The molecule has 1 amide bonds. The molecule has 1 saturated carbocycles. The molecule has 2 aliphatic carbocycles. The van der Waals surface area contributed by atoms with E-state index >= 15 is 0 Å². The van der Waals surface area contributed by atoms with Crippen LogP contribution in [0.2, 0.25) is 10.0 Å². The second-order valence-corrected chi connectivity index (χ2v) is 8.64. The van der Waals surface area contributed by atoms with Crippen molar-refractivity contribution in [3.8, 4) is 5.69 Å². The summed E-state index contributed by atoms with van der Waals surface area (Å²) in [5.41, 5.74) is 3.58. The van der Waals surface area contributed by atoms with Crippen LogP contribution < -0.4 is 5.32 Å². The average Bonchev–Trinajstić information content (AvgIpc) is 3.17. The number of fused-ring (bicyclic) bond motifs is 3. The third kappa shape index (κ3) is 3.16. The van der Waals surface area contributed by atoms with E-state index in [4.69, 9.17) is 27.9 Å². The largest absolute Gasteiger partial charge is 0.381 e. The Morgan fingerprint density at radius 1 is 1.30 bits per heavy atom. The van der Waals surface area contributed by atoms with Gasteiger partial charge >= 0.3 is 0 Å². The molecule has 0 spiro atoms. The molecule has 2 aromatic rings. The number of amides is 1. The predicted molar refractivity (Wildman–Crippen MR) is 104 cm³/mol. The Hall–Kier alpha value is -1.56. The van der Waals surface area contributed by atoms with E-state index in [0.717, 1.165) is 49.4 Å². The van der Waals surface area contributed by atoms with Gasteiger partial charge in [-0.15, -0.1) is 0 Å². The third-order valence-electron chi connectivity index (χ3n) is 6.01. The number of aromatic nitrogens is 2. The summed E-state index contributed by atoms with van der Waals surface area (Å²) in [6, 6.07) is 5.40. The average molecular weight is 406 g/mol. The van der Waals surface area contributed by atoms with E-state index in [0.29, 0.717) is 40.0 Å². The Morgan fingerprint density at radius 3 is 2.89 bits per heavy atom. The van der Waals surface area contributed by atoms with E-state index in [-0.39, 0.29) is 5.91 Å². The van der Waals surface area contributed by atoms with Gasteiger partial charge in [0.05, 0.1) is 16.4 Å². The maximum Gasteiger partial charge on any atom is 0.272 e. The number of hydrogen-bond acceptors (Lipinski definition) is 3. The highest BCUT2D eigenvalue weighted by atomic mass is 35.5. The summed E-state index contributed by atoms with van der Waals surface area (Å²) in [5, 5.41) is 8.91. The molecule has 0 bridgehead atoms. The highest BCUT2D eigenvalue weighted by Crippen LogP contribution is 2.57. The lowest BCUT2D eigenvalue weighted by Crippen LogP contribution is -2.32. The summed E-state index contributed by atoms with van der Waals surface area (Å²) >= 11 is 12.5. The van der Waals surface area contributed by atoms with Crippen molar-refractivity contribution in [2.24, 2.45) is 11.8 Å². The number of carbonyl (C=O) groups excluding carboxylic acids is 1. The van der Waals surface area contributed by atoms with E-state index in [1.807, 2.05) is 10.7 Å². The second-order valence-electron chi connectivity index (χ2n) is 7.79. The van der Waals surface area contributed by atoms with Crippen molar-refractivity contribution in [1.82, 2.24) is 15.1 Å². The SMILES string of the molecule is O=C(NCC1CCOCC1)c1nn(-c2ccc(Cl)cc2Cl)c2c1C[C@H]1C[C@@H]21. The summed E-state index contributed by atoms with van der Waals surface area (Å²) in [6.07, 6.45) is 4.10. The maximum atomic E-state index is 12.9. The molecule has 27 heavy (non-hydrogen) atoms. The predicted octanol–water partition coefficient (Wildman–Crippen LogP) is 4.00. The van der Waals surface area contributed by atoms with Crippen LogP contribution in [0.5, 0.6) is 0 Å². The highest BCUT2D eigenvalue weighted by molar-refractivity contribution is 6.35.